The Morgan fingerprint density at radius 3 is 2.38 bits per heavy atom. The molecule has 0 radical (unpaired) electrons. The SMILES string of the molecule is CC(C(=O)N1CCN(c2ccc(Cl)cc2)CC1)C(N)=NO. The molecule has 1 aliphatic heterocycles. The maximum Gasteiger partial charge on any atom is 0.233 e. The minimum absolute atomic E-state index is 0.0554. The number of nitrogens with zero attached hydrogens (tertiary/aromatic N) is 3. The molecule has 114 valence electrons. The molecule has 3 N–H and O–H groups in total. The van der Waals surface area contributed by atoms with Crippen molar-refractivity contribution < 1.29 is 10.0 Å². The third-order valence-corrected chi connectivity index (χ3v) is 3.96. The lowest BCUT2D eigenvalue weighted by Crippen LogP contribution is -2.51. The van der Waals surface area contributed by atoms with Crippen molar-refractivity contribution in [2.45, 2.75) is 6.92 Å². The summed E-state index contributed by atoms with van der Waals surface area (Å²) in [5.74, 6) is -0.765. The van der Waals surface area contributed by atoms with Gasteiger partial charge in [-0.1, -0.05) is 16.8 Å². The number of amides is 1. The molecule has 2 rings (SSSR count). The van der Waals surface area contributed by atoms with Crippen molar-refractivity contribution in [3.63, 3.8) is 0 Å². The molecule has 7 heteroatoms. The first-order valence-electron chi connectivity index (χ1n) is 6.79. The van der Waals surface area contributed by atoms with Crippen molar-refractivity contribution in [1.29, 1.82) is 0 Å². The molecule has 1 unspecified atom stereocenters. The van der Waals surface area contributed by atoms with E-state index in [4.69, 9.17) is 22.5 Å². The number of benzene rings is 1. The van der Waals surface area contributed by atoms with Gasteiger partial charge in [0.2, 0.25) is 5.91 Å². The first-order chi connectivity index (χ1) is 10.0. The molecule has 1 amide bonds. The third kappa shape index (κ3) is 3.58. The number of oxime groups is 1. The minimum atomic E-state index is -0.600. The van der Waals surface area contributed by atoms with Gasteiger partial charge in [0, 0.05) is 36.9 Å². The molecule has 0 aromatic heterocycles. The Hall–Kier alpha value is -1.95. The number of carbonyl (C=O) groups excluding carboxylic acids is 1. The fourth-order valence-corrected chi connectivity index (χ4v) is 2.45. The van der Waals surface area contributed by atoms with Gasteiger partial charge < -0.3 is 20.7 Å². The second kappa shape index (κ2) is 6.67. The third-order valence-electron chi connectivity index (χ3n) is 3.71. The molecule has 1 atom stereocenters. The van der Waals surface area contributed by atoms with E-state index in [1.54, 1.807) is 11.8 Å². The van der Waals surface area contributed by atoms with Crippen molar-refractivity contribution in [3.8, 4) is 0 Å². The fraction of sp³-hybridized carbons (Fsp3) is 0.429. The molecule has 1 saturated heterocycles. The predicted molar refractivity (Wildman–Crippen MR) is 82.8 cm³/mol. The number of amidine groups is 1. The summed E-state index contributed by atoms with van der Waals surface area (Å²) in [5, 5.41) is 12.2. The Morgan fingerprint density at radius 1 is 1.29 bits per heavy atom. The van der Waals surface area contributed by atoms with Crippen molar-refractivity contribution in [3.05, 3.63) is 29.3 Å². The number of carbonyl (C=O) groups is 1. The quantitative estimate of drug-likeness (QED) is 0.382. The summed E-state index contributed by atoms with van der Waals surface area (Å²) in [7, 11) is 0. The molecule has 1 fully saturated rings. The molecular weight excluding hydrogens is 292 g/mol. The molecule has 1 aromatic carbocycles. The van der Waals surface area contributed by atoms with Crippen molar-refractivity contribution in [1.82, 2.24) is 4.90 Å². The van der Waals surface area contributed by atoms with E-state index >= 15 is 0 Å². The van der Waals surface area contributed by atoms with Crippen LogP contribution in [0.1, 0.15) is 6.92 Å². The Kier molecular flexibility index (Phi) is 4.90. The number of hydrogen-bond acceptors (Lipinski definition) is 4. The van der Waals surface area contributed by atoms with E-state index in [0.29, 0.717) is 18.1 Å². The van der Waals surface area contributed by atoms with E-state index in [9.17, 15) is 4.79 Å². The highest BCUT2D eigenvalue weighted by molar-refractivity contribution is 6.30. The topological polar surface area (TPSA) is 82.2 Å². The van der Waals surface area contributed by atoms with Crippen LogP contribution in [-0.4, -0.2) is 48.0 Å². The largest absolute Gasteiger partial charge is 0.409 e. The van der Waals surface area contributed by atoms with Gasteiger partial charge in [-0.3, -0.25) is 4.79 Å². The van der Waals surface area contributed by atoms with Gasteiger partial charge in [0.25, 0.3) is 0 Å². The fourth-order valence-electron chi connectivity index (χ4n) is 2.32. The first kappa shape index (κ1) is 15.4. The van der Waals surface area contributed by atoms with Crippen LogP contribution in [0.4, 0.5) is 5.69 Å². The zero-order chi connectivity index (χ0) is 15.4. The number of rotatable bonds is 3. The number of halogens is 1. The summed E-state index contributed by atoms with van der Waals surface area (Å²) in [6, 6.07) is 7.65. The van der Waals surface area contributed by atoms with Gasteiger partial charge in [0.15, 0.2) is 5.84 Å². The lowest BCUT2D eigenvalue weighted by Gasteiger charge is -2.37. The number of nitrogens with two attached hydrogens (primary N) is 1. The molecule has 1 aliphatic rings. The van der Waals surface area contributed by atoms with E-state index in [1.165, 1.54) is 0 Å². The molecule has 0 saturated carbocycles. The zero-order valence-electron chi connectivity index (χ0n) is 11.9. The van der Waals surface area contributed by atoms with Crippen LogP contribution in [0.15, 0.2) is 29.4 Å². The number of piperazine rings is 1. The van der Waals surface area contributed by atoms with Crippen LogP contribution in [0.2, 0.25) is 5.02 Å². The van der Waals surface area contributed by atoms with Crippen LogP contribution >= 0.6 is 11.6 Å². The minimum Gasteiger partial charge on any atom is -0.409 e. The second-order valence-electron chi connectivity index (χ2n) is 5.04. The standard InChI is InChI=1S/C14H19ClN4O2/c1-10(13(16)17-21)14(20)19-8-6-18(7-9-19)12-4-2-11(15)3-5-12/h2-5,10,21H,6-9H2,1H3,(H2,16,17). The molecule has 6 nitrogen and oxygen atoms in total. The molecule has 0 bridgehead atoms. The van der Waals surface area contributed by atoms with Crippen LogP contribution in [0.3, 0.4) is 0 Å². The van der Waals surface area contributed by atoms with Gasteiger partial charge in [-0.25, -0.2) is 0 Å². The van der Waals surface area contributed by atoms with E-state index in [0.717, 1.165) is 18.8 Å². The Bertz CT molecular complexity index is 524. The van der Waals surface area contributed by atoms with Gasteiger partial charge in [-0.05, 0) is 31.2 Å². The molecular formula is C14H19ClN4O2. The van der Waals surface area contributed by atoms with Gasteiger partial charge >= 0.3 is 0 Å². The number of hydrogen-bond donors (Lipinski definition) is 2. The van der Waals surface area contributed by atoms with Gasteiger partial charge in [0.1, 0.15) is 0 Å². The van der Waals surface area contributed by atoms with Crippen molar-refractivity contribution >= 4 is 29.0 Å². The predicted octanol–water partition coefficient (Wildman–Crippen LogP) is 1.37. The summed E-state index contributed by atoms with van der Waals surface area (Å²) in [6.07, 6.45) is 0. The average molecular weight is 311 g/mol. The Morgan fingerprint density at radius 2 is 1.86 bits per heavy atom. The lowest BCUT2D eigenvalue weighted by atomic mass is 10.1. The smallest absolute Gasteiger partial charge is 0.233 e. The number of anilines is 1. The molecule has 0 spiro atoms. The lowest BCUT2D eigenvalue weighted by molar-refractivity contribution is -0.133. The highest BCUT2D eigenvalue weighted by Gasteiger charge is 2.27. The normalized spacial score (nSPS) is 17.7. The van der Waals surface area contributed by atoms with Gasteiger partial charge in [-0.2, -0.15) is 0 Å². The van der Waals surface area contributed by atoms with Crippen LogP contribution in [0.25, 0.3) is 0 Å². The highest BCUT2D eigenvalue weighted by Crippen LogP contribution is 2.20. The maximum absolute atomic E-state index is 12.2. The van der Waals surface area contributed by atoms with Crippen LogP contribution in [-0.2, 0) is 4.79 Å². The summed E-state index contributed by atoms with van der Waals surface area (Å²) < 4.78 is 0. The van der Waals surface area contributed by atoms with Crippen LogP contribution < -0.4 is 10.6 Å². The summed E-state index contributed by atoms with van der Waals surface area (Å²) in [6.45, 7) is 4.37. The van der Waals surface area contributed by atoms with Crippen LogP contribution in [0, 0.1) is 5.92 Å². The monoisotopic (exact) mass is 310 g/mol. The first-order valence-corrected chi connectivity index (χ1v) is 7.17. The van der Waals surface area contributed by atoms with Crippen molar-refractivity contribution in [2.24, 2.45) is 16.8 Å². The highest BCUT2D eigenvalue weighted by atomic mass is 35.5. The average Bonchev–Trinajstić information content (AvgIpc) is 2.53. The maximum atomic E-state index is 12.2. The second-order valence-corrected chi connectivity index (χ2v) is 5.47. The summed E-state index contributed by atoms with van der Waals surface area (Å²) >= 11 is 5.88. The summed E-state index contributed by atoms with van der Waals surface area (Å²) in [4.78, 5) is 16.2. The van der Waals surface area contributed by atoms with Crippen LogP contribution in [0.5, 0.6) is 0 Å². The van der Waals surface area contributed by atoms with E-state index < -0.39 is 5.92 Å². The molecule has 0 aliphatic carbocycles. The zero-order valence-corrected chi connectivity index (χ0v) is 12.6. The summed E-state index contributed by atoms with van der Waals surface area (Å²) in [5.41, 5.74) is 6.58. The van der Waals surface area contributed by atoms with E-state index in [2.05, 4.69) is 10.1 Å². The van der Waals surface area contributed by atoms with Gasteiger partial charge in [0.05, 0.1) is 5.92 Å². The van der Waals surface area contributed by atoms with Gasteiger partial charge in [-0.15, -0.1) is 0 Å². The molecule has 1 heterocycles. The van der Waals surface area contributed by atoms with E-state index in [1.807, 2.05) is 24.3 Å². The van der Waals surface area contributed by atoms with Crippen molar-refractivity contribution in [2.75, 3.05) is 31.1 Å². The Balaban J connectivity index is 1.94. The van der Waals surface area contributed by atoms with E-state index in [-0.39, 0.29) is 11.7 Å². The molecule has 1 aromatic rings. The molecule has 21 heavy (non-hydrogen) atoms. The Labute approximate surface area is 128 Å².